The maximum atomic E-state index is 12.7. The zero-order chi connectivity index (χ0) is 20.0. The monoisotopic (exact) mass is 395 g/mol. The van der Waals surface area contributed by atoms with E-state index >= 15 is 0 Å². The summed E-state index contributed by atoms with van der Waals surface area (Å²) in [5, 5.41) is 3.12. The summed E-state index contributed by atoms with van der Waals surface area (Å²) < 4.78 is 7.53. The first-order valence-corrected chi connectivity index (χ1v) is 10.6. The standard InChI is InChI=1S/C22H29N5O2/c1-15-12-26(13-16-5-3-2-4-6-16)14-18(15)22(23)25-21(28)19-11-24-20(27(19)22)17-7-9-29-10-8-17/h2-6,11,15,17-18H,7-10,12-14,23H2,1H3,(H,25,28)/t15-,18-,22?/m0/s1. The van der Waals surface area contributed by atoms with Gasteiger partial charge in [-0.15, -0.1) is 0 Å². The second-order valence-corrected chi connectivity index (χ2v) is 8.77. The lowest BCUT2D eigenvalue weighted by molar-refractivity contribution is 0.0712. The van der Waals surface area contributed by atoms with Crippen LogP contribution in [0.4, 0.5) is 0 Å². The summed E-state index contributed by atoms with van der Waals surface area (Å²) in [6.45, 7) is 6.41. The summed E-state index contributed by atoms with van der Waals surface area (Å²) in [7, 11) is 0. The number of aromatic nitrogens is 2. The maximum Gasteiger partial charge on any atom is 0.272 e. The highest BCUT2D eigenvalue weighted by Gasteiger charge is 2.52. The Hall–Kier alpha value is -2.22. The first kappa shape index (κ1) is 18.8. The Kier molecular flexibility index (Phi) is 4.69. The molecule has 3 N–H and O–H groups in total. The molecule has 0 radical (unpaired) electrons. The molecule has 2 aromatic rings. The third kappa shape index (κ3) is 3.17. The van der Waals surface area contributed by atoms with Gasteiger partial charge in [0.2, 0.25) is 0 Å². The van der Waals surface area contributed by atoms with Gasteiger partial charge in [-0.1, -0.05) is 37.3 Å². The van der Waals surface area contributed by atoms with Crippen molar-refractivity contribution in [3.63, 3.8) is 0 Å². The minimum absolute atomic E-state index is 0.115. The summed E-state index contributed by atoms with van der Waals surface area (Å²) in [5.74, 6) is 0.640. The number of imidazole rings is 1. The maximum absolute atomic E-state index is 12.7. The van der Waals surface area contributed by atoms with Crippen LogP contribution in [0.3, 0.4) is 0 Å². The van der Waals surface area contributed by atoms with E-state index in [0.717, 1.165) is 51.5 Å². The van der Waals surface area contributed by atoms with Crippen LogP contribution in [0.5, 0.6) is 0 Å². The summed E-state index contributed by atoms with van der Waals surface area (Å²) >= 11 is 0. The normalized spacial score (nSPS) is 30.5. The minimum atomic E-state index is -0.929. The fourth-order valence-electron chi connectivity index (χ4n) is 5.33. The summed E-state index contributed by atoms with van der Waals surface area (Å²) in [4.78, 5) is 19.8. The number of fused-ring (bicyclic) bond motifs is 1. The van der Waals surface area contributed by atoms with Crippen molar-refractivity contribution in [1.29, 1.82) is 0 Å². The Balaban J connectivity index is 1.43. The van der Waals surface area contributed by atoms with Crippen LogP contribution in [-0.4, -0.2) is 46.7 Å². The summed E-state index contributed by atoms with van der Waals surface area (Å²) in [6.07, 6.45) is 3.53. The van der Waals surface area contributed by atoms with Gasteiger partial charge >= 0.3 is 0 Å². The van der Waals surface area contributed by atoms with Crippen LogP contribution < -0.4 is 11.1 Å². The zero-order valence-electron chi connectivity index (χ0n) is 16.9. The van der Waals surface area contributed by atoms with Gasteiger partial charge < -0.3 is 10.1 Å². The van der Waals surface area contributed by atoms with Crippen LogP contribution in [0.15, 0.2) is 36.5 Å². The SMILES string of the molecule is C[C@H]1CN(Cc2ccccc2)C[C@@H]1C1(N)NC(=O)c2cnc(C3CCOCC3)n21. The molecule has 29 heavy (non-hydrogen) atoms. The number of nitrogens with one attached hydrogen (secondary N) is 1. The number of ether oxygens (including phenoxy) is 1. The molecule has 0 bridgehead atoms. The molecule has 0 spiro atoms. The number of likely N-dealkylation sites (tertiary alicyclic amines) is 1. The highest BCUT2D eigenvalue weighted by molar-refractivity contribution is 5.95. The molecule has 2 fully saturated rings. The number of benzene rings is 1. The largest absolute Gasteiger partial charge is 0.381 e. The average molecular weight is 396 g/mol. The highest BCUT2D eigenvalue weighted by atomic mass is 16.5. The Morgan fingerprint density at radius 2 is 2.00 bits per heavy atom. The molecule has 0 saturated carbocycles. The van der Waals surface area contributed by atoms with E-state index in [2.05, 4.69) is 46.4 Å². The minimum Gasteiger partial charge on any atom is -0.381 e. The molecule has 7 nitrogen and oxygen atoms in total. The van der Waals surface area contributed by atoms with E-state index < -0.39 is 5.79 Å². The lowest BCUT2D eigenvalue weighted by Gasteiger charge is -2.37. The van der Waals surface area contributed by atoms with Crippen molar-refractivity contribution in [2.45, 2.75) is 38.0 Å². The van der Waals surface area contributed by atoms with Crippen molar-refractivity contribution in [1.82, 2.24) is 19.8 Å². The van der Waals surface area contributed by atoms with E-state index in [1.165, 1.54) is 5.56 Å². The van der Waals surface area contributed by atoms with Gasteiger partial charge in [-0.3, -0.25) is 20.0 Å². The molecule has 1 amide bonds. The van der Waals surface area contributed by atoms with Crippen molar-refractivity contribution in [2.24, 2.45) is 17.6 Å². The number of carbonyl (C=O) groups excluding carboxylic acids is 1. The Morgan fingerprint density at radius 1 is 1.24 bits per heavy atom. The van der Waals surface area contributed by atoms with E-state index in [1.807, 2.05) is 10.6 Å². The van der Waals surface area contributed by atoms with Gasteiger partial charge in [0.1, 0.15) is 11.5 Å². The van der Waals surface area contributed by atoms with Gasteiger partial charge in [0.15, 0.2) is 5.79 Å². The quantitative estimate of drug-likeness (QED) is 0.825. The molecule has 0 aliphatic carbocycles. The van der Waals surface area contributed by atoms with Crippen molar-refractivity contribution >= 4 is 5.91 Å². The molecule has 1 aromatic heterocycles. The number of hydrogen-bond donors (Lipinski definition) is 2. The molecule has 4 heterocycles. The molecule has 5 rings (SSSR count). The van der Waals surface area contributed by atoms with Gasteiger partial charge in [-0.05, 0) is 24.3 Å². The molecule has 2 saturated heterocycles. The fraction of sp³-hybridized carbons (Fsp3) is 0.545. The van der Waals surface area contributed by atoms with Gasteiger partial charge in [-0.25, -0.2) is 4.98 Å². The lowest BCUT2D eigenvalue weighted by atomic mass is 9.90. The third-order valence-electron chi connectivity index (χ3n) is 6.79. The molecule has 7 heteroatoms. The predicted octanol–water partition coefficient (Wildman–Crippen LogP) is 1.86. The average Bonchev–Trinajstić information content (AvgIpc) is 3.40. The first-order valence-electron chi connectivity index (χ1n) is 10.6. The van der Waals surface area contributed by atoms with Gasteiger partial charge in [-0.2, -0.15) is 0 Å². The first-order chi connectivity index (χ1) is 14.1. The second kappa shape index (κ2) is 7.23. The zero-order valence-corrected chi connectivity index (χ0v) is 16.9. The second-order valence-electron chi connectivity index (χ2n) is 8.77. The molecule has 1 aromatic carbocycles. The highest BCUT2D eigenvalue weighted by Crippen LogP contribution is 2.40. The molecule has 3 aliphatic rings. The third-order valence-corrected chi connectivity index (χ3v) is 6.79. The van der Waals surface area contributed by atoms with Crippen LogP contribution in [0, 0.1) is 11.8 Å². The Bertz CT molecular complexity index is 892. The fourth-order valence-corrected chi connectivity index (χ4v) is 5.33. The number of nitrogens with zero attached hydrogens (tertiary/aromatic N) is 3. The van der Waals surface area contributed by atoms with E-state index in [1.54, 1.807) is 6.20 Å². The van der Waals surface area contributed by atoms with Crippen molar-refractivity contribution in [2.75, 3.05) is 26.3 Å². The van der Waals surface area contributed by atoms with Gasteiger partial charge in [0.05, 0.1) is 6.20 Å². The molecule has 3 aliphatic heterocycles. The number of carbonyl (C=O) groups is 1. The van der Waals surface area contributed by atoms with E-state index in [9.17, 15) is 4.79 Å². The van der Waals surface area contributed by atoms with E-state index in [0.29, 0.717) is 11.6 Å². The van der Waals surface area contributed by atoms with Crippen LogP contribution in [0.2, 0.25) is 0 Å². The van der Waals surface area contributed by atoms with Crippen LogP contribution >= 0.6 is 0 Å². The lowest BCUT2D eigenvalue weighted by Crippen LogP contribution is -2.59. The Labute approximate surface area is 171 Å². The van der Waals surface area contributed by atoms with Gasteiger partial charge in [0, 0.05) is 44.7 Å². The molecule has 3 atom stereocenters. The summed E-state index contributed by atoms with van der Waals surface area (Å²) in [5.41, 5.74) is 8.88. The van der Waals surface area contributed by atoms with E-state index in [4.69, 9.17) is 10.5 Å². The van der Waals surface area contributed by atoms with Crippen LogP contribution in [-0.2, 0) is 17.1 Å². The molecular weight excluding hydrogens is 366 g/mol. The van der Waals surface area contributed by atoms with Crippen LogP contribution in [0.25, 0.3) is 0 Å². The van der Waals surface area contributed by atoms with Crippen molar-refractivity contribution < 1.29 is 9.53 Å². The van der Waals surface area contributed by atoms with Crippen LogP contribution in [0.1, 0.15) is 47.6 Å². The predicted molar refractivity (Wildman–Crippen MR) is 109 cm³/mol. The number of nitrogens with two attached hydrogens (primary N) is 1. The molecule has 154 valence electrons. The smallest absolute Gasteiger partial charge is 0.272 e. The number of amides is 1. The number of hydrogen-bond acceptors (Lipinski definition) is 5. The topological polar surface area (TPSA) is 85.4 Å². The number of rotatable bonds is 4. The Morgan fingerprint density at radius 3 is 2.76 bits per heavy atom. The molecular formula is C22H29N5O2. The van der Waals surface area contributed by atoms with E-state index in [-0.39, 0.29) is 17.7 Å². The molecule has 1 unspecified atom stereocenters. The van der Waals surface area contributed by atoms with Crippen molar-refractivity contribution in [3.05, 3.63) is 53.6 Å². The van der Waals surface area contributed by atoms with Gasteiger partial charge in [0.25, 0.3) is 5.91 Å². The van der Waals surface area contributed by atoms with Crippen molar-refractivity contribution in [3.8, 4) is 0 Å². The summed E-state index contributed by atoms with van der Waals surface area (Å²) in [6, 6.07) is 10.5.